The SMILES string of the molecule is CCOc1cc(/C=C2/N=C(c3ccc(OC)cc3)OC2=O)ccc1OC(=O)c1ccc(Br)cc1. The summed E-state index contributed by atoms with van der Waals surface area (Å²) in [6, 6.07) is 18.9. The zero-order valence-corrected chi connectivity index (χ0v) is 20.0. The Bertz CT molecular complexity index is 1280. The van der Waals surface area contributed by atoms with Crippen molar-refractivity contribution in [2.45, 2.75) is 6.92 Å². The lowest BCUT2D eigenvalue weighted by molar-refractivity contribution is -0.129. The van der Waals surface area contributed by atoms with Crippen molar-refractivity contribution in [1.82, 2.24) is 0 Å². The molecule has 0 bridgehead atoms. The highest BCUT2D eigenvalue weighted by molar-refractivity contribution is 9.10. The molecule has 3 aromatic rings. The molecule has 0 amide bonds. The molecule has 0 N–H and O–H groups in total. The predicted octanol–water partition coefficient (Wildman–Crippen LogP) is 5.42. The predicted molar refractivity (Wildman–Crippen MR) is 130 cm³/mol. The van der Waals surface area contributed by atoms with Gasteiger partial charge in [-0.15, -0.1) is 0 Å². The molecule has 0 saturated carbocycles. The quantitative estimate of drug-likeness (QED) is 0.234. The smallest absolute Gasteiger partial charge is 0.363 e. The third-order valence-electron chi connectivity index (χ3n) is 4.81. The van der Waals surface area contributed by atoms with Gasteiger partial charge in [0.25, 0.3) is 0 Å². The number of benzene rings is 3. The normalized spacial score (nSPS) is 13.9. The monoisotopic (exact) mass is 521 g/mol. The average Bonchev–Trinajstić information content (AvgIpc) is 3.21. The number of hydrogen-bond acceptors (Lipinski definition) is 7. The van der Waals surface area contributed by atoms with Gasteiger partial charge in [0.1, 0.15) is 5.75 Å². The maximum Gasteiger partial charge on any atom is 0.363 e. The second-order valence-corrected chi connectivity index (χ2v) is 8.02. The zero-order chi connectivity index (χ0) is 24.1. The third kappa shape index (κ3) is 5.35. The molecule has 1 heterocycles. The molecule has 34 heavy (non-hydrogen) atoms. The Morgan fingerprint density at radius 3 is 2.44 bits per heavy atom. The summed E-state index contributed by atoms with van der Waals surface area (Å²) >= 11 is 3.34. The molecule has 1 aliphatic heterocycles. The van der Waals surface area contributed by atoms with Gasteiger partial charge >= 0.3 is 11.9 Å². The van der Waals surface area contributed by atoms with E-state index in [-0.39, 0.29) is 17.3 Å². The van der Waals surface area contributed by atoms with Crippen molar-refractivity contribution in [3.05, 3.63) is 93.6 Å². The molecule has 0 aromatic heterocycles. The topological polar surface area (TPSA) is 83.4 Å². The van der Waals surface area contributed by atoms with Gasteiger partial charge in [0.15, 0.2) is 17.2 Å². The first-order valence-electron chi connectivity index (χ1n) is 10.4. The van der Waals surface area contributed by atoms with Crippen LogP contribution < -0.4 is 14.2 Å². The van der Waals surface area contributed by atoms with Crippen molar-refractivity contribution >= 4 is 39.8 Å². The number of methoxy groups -OCH3 is 1. The molecular formula is C26H20BrNO6. The molecule has 0 spiro atoms. The van der Waals surface area contributed by atoms with Crippen LogP contribution in [0.2, 0.25) is 0 Å². The minimum atomic E-state index is -0.561. The molecule has 0 unspecified atom stereocenters. The van der Waals surface area contributed by atoms with Gasteiger partial charge in [-0.1, -0.05) is 22.0 Å². The van der Waals surface area contributed by atoms with Gasteiger partial charge in [-0.3, -0.25) is 0 Å². The Kier molecular flexibility index (Phi) is 7.08. The lowest BCUT2D eigenvalue weighted by Crippen LogP contribution is -2.09. The largest absolute Gasteiger partial charge is 0.497 e. The Labute approximate surface area is 204 Å². The number of halogens is 1. The van der Waals surface area contributed by atoms with E-state index in [0.29, 0.717) is 34.8 Å². The first-order chi connectivity index (χ1) is 16.5. The first-order valence-corrected chi connectivity index (χ1v) is 11.2. The molecule has 0 atom stereocenters. The second kappa shape index (κ2) is 10.4. The van der Waals surface area contributed by atoms with Crippen LogP contribution in [0.1, 0.15) is 28.4 Å². The van der Waals surface area contributed by atoms with Gasteiger partial charge in [0.2, 0.25) is 5.90 Å². The molecule has 0 radical (unpaired) electrons. The van der Waals surface area contributed by atoms with E-state index in [1.807, 2.05) is 6.92 Å². The van der Waals surface area contributed by atoms with Crippen LogP contribution in [0.4, 0.5) is 0 Å². The van der Waals surface area contributed by atoms with Crippen molar-refractivity contribution < 1.29 is 28.5 Å². The number of nitrogens with zero attached hydrogens (tertiary/aromatic N) is 1. The van der Waals surface area contributed by atoms with E-state index in [2.05, 4.69) is 20.9 Å². The van der Waals surface area contributed by atoms with Crippen LogP contribution in [0.3, 0.4) is 0 Å². The molecule has 0 saturated heterocycles. The van der Waals surface area contributed by atoms with Gasteiger partial charge in [0.05, 0.1) is 19.3 Å². The summed E-state index contributed by atoms with van der Waals surface area (Å²) in [5, 5.41) is 0. The van der Waals surface area contributed by atoms with Gasteiger partial charge in [-0.25, -0.2) is 14.6 Å². The summed E-state index contributed by atoms with van der Waals surface area (Å²) in [6.07, 6.45) is 1.59. The summed E-state index contributed by atoms with van der Waals surface area (Å²) in [5.74, 6) is 0.473. The Morgan fingerprint density at radius 2 is 1.76 bits per heavy atom. The number of hydrogen-bond donors (Lipinski definition) is 0. The van der Waals surface area contributed by atoms with E-state index in [1.165, 1.54) is 0 Å². The molecule has 172 valence electrons. The zero-order valence-electron chi connectivity index (χ0n) is 18.4. The molecule has 8 heteroatoms. The maximum absolute atomic E-state index is 12.5. The third-order valence-corrected chi connectivity index (χ3v) is 5.34. The minimum absolute atomic E-state index is 0.146. The van der Waals surface area contributed by atoms with E-state index in [0.717, 1.165) is 4.47 Å². The van der Waals surface area contributed by atoms with Crippen LogP contribution in [-0.2, 0) is 9.53 Å². The van der Waals surface area contributed by atoms with Crippen LogP contribution in [0.15, 0.2) is 81.9 Å². The molecule has 0 aliphatic carbocycles. The van der Waals surface area contributed by atoms with Gasteiger partial charge in [0, 0.05) is 10.0 Å². The van der Waals surface area contributed by atoms with E-state index >= 15 is 0 Å². The van der Waals surface area contributed by atoms with Crippen molar-refractivity contribution in [3.63, 3.8) is 0 Å². The fourth-order valence-corrected chi connectivity index (χ4v) is 3.40. The van der Waals surface area contributed by atoms with Crippen molar-refractivity contribution in [1.29, 1.82) is 0 Å². The van der Waals surface area contributed by atoms with Crippen LogP contribution >= 0.6 is 15.9 Å². The molecule has 1 aliphatic rings. The minimum Gasteiger partial charge on any atom is -0.497 e. The second-order valence-electron chi connectivity index (χ2n) is 7.10. The van der Waals surface area contributed by atoms with E-state index in [1.54, 1.807) is 79.9 Å². The summed E-state index contributed by atoms with van der Waals surface area (Å²) in [6.45, 7) is 2.19. The standard InChI is InChI=1S/C26H20BrNO6/c1-3-32-23-15-16(4-13-22(23)33-25(29)18-5-9-19(27)10-6-18)14-21-26(30)34-24(28-21)17-7-11-20(31-2)12-8-17/h4-15H,3H2,1-2H3/b21-14+. The molecule has 4 rings (SSSR count). The van der Waals surface area contributed by atoms with Crippen molar-refractivity contribution in [2.75, 3.05) is 13.7 Å². The van der Waals surface area contributed by atoms with Crippen molar-refractivity contribution in [2.24, 2.45) is 4.99 Å². The Balaban J connectivity index is 1.57. The lowest BCUT2D eigenvalue weighted by Gasteiger charge is -2.11. The summed E-state index contributed by atoms with van der Waals surface area (Å²) in [7, 11) is 1.58. The summed E-state index contributed by atoms with van der Waals surface area (Å²) in [4.78, 5) is 29.2. The van der Waals surface area contributed by atoms with E-state index in [9.17, 15) is 9.59 Å². The fourth-order valence-electron chi connectivity index (χ4n) is 3.14. The van der Waals surface area contributed by atoms with E-state index in [4.69, 9.17) is 18.9 Å². The summed E-state index contributed by atoms with van der Waals surface area (Å²) in [5.41, 5.74) is 1.85. The fraction of sp³-hybridized carbons (Fsp3) is 0.115. The first kappa shape index (κ1) is 23.3. The van der Waals surface area contributed by atoms with Gasteiger partial charge in [-0.05, 0) is 79.2 Å². The highest BCUT2D eigenvalue weighted by Gasteiger charge is 2.24. The highest BCUT2D eigenvalue weighted by atomic mass is 79.9. The van der Waals surface area contributed by atoms with E-state index < -0.39 is 11.9 Å². The number of rotatable bonds is 7. The van der Waals surface area contributed by atoms with Gasteiger partial charge in [-0.2, -0.15) is 0 Å². The lowest BCUT2D eigenvalue weighted by atomic mass is 10.1. The van der Waals surface area contributed by atoms with Crippen LogP contribution in [-0.4, -0.2) is 31.6 Å². The number of carbonyl (C=O) groups is 2. The van der Waals surface area contributed by atoms with Gasteiger partial charge < -0.3 is 18.9 Å². The Morgan fingerprint density at radius 1 is 1.03 bits per heavy atom. The number of esters is 2. The molecule has 3 aromatic carbocycles. The number of carbonyl (C=O) groups excluding carboxylic acids is 2. The Hall–Kier alpha value is -3.91. The van der Waals surface area contributed by atoms with Crippen LogP contribution in [0.25, 0.3) is 6.08 Å². The summed E-state index contributed by atoms with van der Waals surface area (Å²) < 4.78 is 22.5. The van der Waals surface area contributed by atoms with Crippen molar-refractivity contribution in [3.8, 4) is 17.2 Å². The molecular weight excluding hydrogens is 502 g/mol. The van der Waals surface area contributed by atoms with Crippen LogP contribution in [0.5, 0.6) is 17.2 Å². The average molecular weight is 522 g/mol. The highest BCUT2D eigenvalue weighted by Crippen LogP contribution is 2.31. The number of ether oxygens (including phenoxy) is 4. The number of cyclic esters (lactones) is 1. The maximum atomic E-state index is 12.5. The van der Waals surface area contributed by atoms with Crippen LogP contribution in [0, 0.1) is 0 Å². The molecule has 7 nitrogen and oxygen atoms in total. The number of aliphatic imine (C=N–C) groups is 1. The molecule has 0 fully saturated rings.